The van der Waals surface area contributed by atoms with Gasteiger partial charge in [0.1, 0.15) is 0 Å². The summed E-state index contributed by atoms with van der Waals surface area (Å²) >= 11 is 0. The lowest BCUT2D eigenvalue weighted by atomic mass is 11.6. The molecule has 0 aromatic rings. The molecule has 0 rings (SSSR count). The van der Waals surface area contributed by atoms with Crippen molar-refractivity contribution in [1.29, 1.82) is 0 Å². The summed E-state index contributed by atoms with van der Waals surface area (Å²) < 4.78 is 6.51. The van der Waals surface area contributed by atoms with E-state index in [4.69, 9.17) is 1.37 Å². The maximum absolute atomic E-state index is 6.51. The SMILES string of the molecule is [3H]C/N=N/N=N/N=N/N=N/N=N/N. The van der Waals surface area contributed by atoms with Crippen LogP contribution >= 0.6 is 0 Å². The normalized spacial score (nSPS) is 14.8. The zero-order valence-corrected chi connectivity index (χ0v) is 5.76. The van der Waals surface area contributed by atoms with E-state index in [1.54, 1.807) is 0 Å². The van der Waals surface area contributed by atoms with Gasteiger partial charge in [-0.25, -0.2) is 0 Å². The van der Waals surface area contributed by atoms with Crippen molar-refractivity contribution >= 4 is 0 Å². The van der Waals surface area contributed by atoms with E-state index >= 15 is 0 Å². The molecule has 2 N–H and O–H groups in total. The molecule has 0 aromatic carbocycles. The summed E-state index contributed by atoms with van der Waals surface area (Å²) in [6.45, 7) is 0. The maximum atomic E-state index is 6.51. The van der Waals surface area contributed by atoms with E-state index < -0.39 is 0 Å². The Balaban J connectivity index is 3.62. The van der Waals surface area contributed by atoms with Crippen LogP contribution in [-0.4, -0.2) is 7.02 Å². The van der Waals surface area contributed by atoms with Crippen molar-refractivity contribution < 1.29 is 1.37 Å². The van der Waals surface area contributed by atoms with Crippen LogP contribution in [0.3, 0.4) is 0 Å². The minimum Gasteiger partial charge on any atom is -0.303 e. The summed E-state index contributed by atoms with van der Waals surface area (Å²) in [5.41, 5.74) is 0. The van der Waals surface area contributed by atoms with Gasteiger partial charge in [0.05, 0.1) is 7.02 Å². The Morgan fingerprint density at radius 3 is 1.83 bits per heavy atom. The first-order valence-electron chi connectivity index (χ1n) is 3.08. The number of hydrogen-bond acceptors (Lipinski definition) is 2. The fourth-order valence-corrected chi connectivity index (χ4v) is 0.159. The van der Waals surface area contributed by atoms with Gasteiger partial charge in [-0.1, -0.05) is 5.22 Å². The van der Waals surface area contributed by atoms with Crippen LogP contribution in [0.25, 0.3) is 0 Å². The standard InChI is InChI=1S/CH5N11/c1-3-5-7-9-11-12-10-8-6-4-2/h1H3,(H2,2,3,6,7,10,11)/i1T. The lowest BCUT2D eigenvalue weighted by Gasteiger charge is -1.68. The molecule has 0 aliphatic heterocycles. The van der Waals surface area contributed by atoms with E-state index in [1.807, 2.05) is 0 Å². The monoisotopic (exact) mass is 173 g/mol. The molecular formula is CH5N11. The molecule has 11 nitrogen and oxygen atoms in total. The molecule has 0 aliphatic carbocycles. The number of nitrogens with two attached hydrogens (primary N) is 1. The van der Waals surface area contributed by atoms with E-state index in [0.717, 1.165) is 0 Å². The molecule has 0 saturated carbocycles. The third-order valence-corrected chi connectivity index (χ3v) is 0.395. The first-order valence-corrected chi connectivity index (χ1v) is 2.37. The zero-order chi connectivity index (χ0) is 9.78. The van der Waals surface area contributed by atoms with E-state index in [0.29, 0.717) is 0 Å². The second kappa shape index (κ2) is 8.80. The first-order chi connectivity index (χ1) is 6.41. The van der Waals surface area contributed by atoms with Crippen molar-refractivity contribution in [2.24, 2.45) is 58.0 Å². The predicted molar refractivity (Wildman–Crippen MR) is 34.4 cm³/mol. The number of hydrogen-bond donors (Lipinski definition) is 1. The zero-order valence-electron chi connectivity index (χ0n) is 6.76. The summed E-state index contributed by atoms with van der Waals surface area (Å²) in [6, 6.07) is 0. The van der Waals surface area contributed by atoms with Gasteiger partial charge in [0.15, 0.2) is 0 Å². The molecule has 0 aliphatic rings. The molecule has 12 heavy (non-hydrogen) atoms. The summed E-state index contributed by atoms with van der Waals surface area (Å²) in [4.78, 5) is 0. The Bertz CT molecular complexity index is 234. The van der Waals surface area contributed by atoms with E-state index in [-0.39, 0.29) is 7.02 Å². The van der Waals surface area contributed by atoms with E-state index in [1.165, 1.54) is 0 Å². The average Bonchev–Trinajstić information content (AvgIpc) is 2.16. The highest BCUT2D eigenvalue weighted by molar-refractivity contribution is 4.10. The predicted octanol–water partition coefficient (Wildman–Crippen LogP) is 1.41. The molecule has 0 bridgehead atoms. The van der Waals surface area contributed by atoms with Gasteiger partial charge in [-0.2, -0.15) is 5.11 Å². The molecule has 0 spiro atoms. The molecule has 0 amide bonds. The number of rotatable bonds is 4. The Labute approximate surface area is 67.6 Å². The molecule has 0 fully saturated rings. The van der Waals surface area contributed by atoms with Crippen molar-refractivity contribution in [2.45, 2.75) is 0 Å². The summed E-state index contributed by atoms with van der Waals surface area (Å²) in [5.74, 6) is 4.57. The second-order valence-electron chi connectivity index (χ2n) is 0.972. The van der Waals surface area contributed by atoms with Crippen LogP contribution in [0.1, 0.15) is 1.37 Å². The third kappa shape index (κ3) is 7.80. The Hall–Kier alpha value is -2.20. The van der Waals surface area contributed by atoms with Gasteiger partial charge in [-0.3, -0.25) is 0 Å². The molecule has 0 saturated heterocycles. The largest absolute Gasteiger partial charge is 0.303 e. The smallest absolute Gasteiger partial charge is 0.0510 e. The van der Waals surface area contributed by atoms with Crippen LogP contribution < -0.4 is 5.84 Å². The van der Waals surface area contributed by atoms with Gasteiger partial charge < -0.3 is 5.84 Å². The van der Waals surface area contributed by atoms with Crippen molar-refractivity contribution in [2.75, 3.05) is 7.02 Å². The second-order valence-corrected chi connectivity index (χ2v) is 0.972. The van der Waals surface area contributed by atoms with Gasteiger partial charge >= 0.3 is 0 Å². The molecule has 11 heteroatoms. The van der Waals surface area contributed by atoms with Crippen LogP contribution in [0, 0.1) is 0 Å². The molecule has 0 radical (unpaired) electrons. The van der Waals surface area contributed by atoms with Crippen molar-refractivity contribution in [3.63, 3.8) is 0 Å². The van der Waals surface area contributed by atoms with Gasteiger partial charge in [0.2, 0.25) is 0 Å². The van der Waals surface area contributed by atoms with Crippen LogP contribution in [0.15, 0.2) is 52.1 Å². The average molecular weight is 173 g/mol. The van der Waals surface area contributed by atoms with E-state index in [2.05, 4.69) is 58.0 Å². The van der Waals surface area contributed by atoms with Crippen LogP contribution in [-0.2, 0) is 0 Å². The minimum atomic E-state index is -0.229. The van der Waals surface area contributed by atoms with Crippen molar-refractivity contribution in [3.05, 3.63) is 0 Å². The Kier molecular flexibility index (Phi) is 5.79. The lowest BCUT2D eigenvalue weighted by Crippen LogP contribution is -1.70. The van der Waals surface area contributed by atoms with Crippen LogP contribution in [0.2, 0.25) is 0 Å². The molecule has 0 unspecified atom stereocenters. The molecule has 64 valence electrons. The highest BCUT2D eigenvalue weighted by Crippen LogP contribution is 1.84. The molecular weight excluding hydrogens is 166 g/mol. The summed E-state index contributed by atoms with van der Waals surface area (Å²) in [5, 5.41) is 29.6. The highest BCUT2D eigenvalue weighted by atomic mass is 15.7. The molecule has 0 atom stereocenters. The molecule has 0 aromatic heterocycles. The van der Waals surface area contributed by atoms with Crippen LogP contribution in [0.4, 0.5) is 0 Å². The van der Waals surface area contributed by atoms with Crippen molar-refractivity contribution in [1.82, 2.24) is 0 Å². The van der Waals surface area contributed by atoms with Gasteiger partial charge in [-0.15, -0.1) is 0 Å². The van der Waals surface area contributed by atoms with E-state index in [9.17, 15) is 0 Å². The lowest BCUT2D eigenvalue weighted by molar-refractivity contribution is 0.769. The fraction of sp³-hybridized carbons (Fsp3) is 1.00. The Morgan fingerprint density at radius 2 is 1.33 bits per heavy atom. The summed E-state index contributed by atoms with van der Waals surface area (Å²) in [7, 11) is -0.229. The fourth-order valence-electron chi connectivity index (χ4n) is 0.159. The maximum Gasteiger partial charge on any atom is 0.0510 e. The van der Waals surface area contributed by atoms with Crippen LogP contribution in [0.5, 0.6) is 0 Å². The van der Waals surface area contributed by atoms with Gasteiger partial charge in [0.25, 0.3) is 0 Å². The van der Waals surface area contributed by atoms with Crippen molar-refractivity contribution in [3.8, 4) is 0 Å². The first kappa shape index (κ1) is 7.90. The highest BCUT2D eigenvalue weighted by Gasteiger charge is 1.66. The topological polar surface area (TPSA) is 150 Å². The Morgan fingerprint density at radius 1 is 0.833 bits per heavy atom. The number of nitrogens with zero attached hydrogens (tertiary/aromatic N) is 10. The third-order valence-electron chi connectivity index (χ3n) is 0.395. The quantitative estimate of drug-likeness (QED) is 0.381. The molecule has 0 heterocycles. The van der Waals surface area contributed by atoms with Gasteiger partial charge in [0, 0.05) is 1.37 Å². The minimum absolute atomic E-state index is 0.229. The summed E-state index contributed by atoms with van der Waals surface area (Å²) in [6.07, 6.45) is 0. The van der Waals surface area contributed by atoms with Gasteiger partial charge in [-0.05, 0) is 41.8 Å².